The van der Waals surface area contributed by atoms with Crippen LogP contribution in [0.25, 0.3) is 6.08 Å². The normalized spacial score (nSPS) is 10.7. The molecule has 0 saturated carbocycles. The van der Waals surface area contributed by atoms with Crippen LogP contribution in [0.4, 0.5) is 5.69 Å². The molecule has 0 radical (unpaired) electrons. The monoisotopic (exact) mass is 406 g/mol. The van der Waals surface area contributed by atoms with Crippen LogP contribution in [-0.4, -0.2) is 26.2 Å². The predicted molar refractivity (Wildman–Crippen MR) is 118 cm³/mol. The van der Waals surface area contributed by atoms with Crippen molar-refractivity contribution in [1.29, 1.82) is 5.26 Å². The van der Waals surface area contributed by atoms with E-state index in [2.05, 4.69) is 11.9 Å². The number of anilines is 1. The van der Waals surface area contributed by atoms with Crippen molar-refractivity contribution in [2.75, 3.05) is 25.6 Å². The zero-order chi connectivity index (χ0) is 21.9. The average Bonchev–Trinajstić information content (AvgIpc) is 2.74. The van der Waals surface area contributed by atoms with E-state index < -0.39 is 5.91 Å². The molecular weight excluding hydrogens is 380 g/mol. The highest BCUT2D eigenvalue weighted by atomic mass is 16.5. The fourth-order valence-electron chi connectivity index (χ4n) is 2.86. The van der Waals surface area contributed by atoms with Crippen molar-refractivity contribution in [3.63, 3.8) is 0 Å². The summed E-state index contributed by atoms with van der Waals surface area (Å²) < 4.78 is 16.6. The molecule has 30 heavy (non-hydrogen) atoms. The van der Waals surface area contributed by atoms with Crippen LogP contribution in [0.3, 0.4) is 0 Å². The van der Waals surface area contributed by atoms with Gasteiger partial charge in [-0.2, -0.15) is 5.26 Å². The number of amides is 1. The number of nitrogens with one attached hydrogen (secondary N) is 1. The first-order chi connectivity index (χ1) is 14.6. The van der Waals surface area contributed by atoms with Gasteiger partial charge in [0, 0.05) is 17.3 Å². The number of rotatable bonds is 10. The molecule has 0 unspecified atom stereocenters. The quantitative estimate of drug-likeness (QED) is 0.349. The molecule has 0 aliphatic heterocycles. The van der Waals surface area contributed by atoms with Crippen LogP contribution in [0.5, 0.6) is 17.2 Å². The van der Waals surface area contributed by atoms with Crippen LogP contribution >= 0.6 is 0 Å². The Morgan fingerprint density at radius 3 is 2.60 bits per heavy atom. The first-order valence-electron chi connectivity index (χ1n) is 9.66. The maximum Gasteiger partial charge on any atom is 0.266 e. The van der Waals surface area contributed by atoms with Crippen molar-refractivity contribution in [2.45, 2.75) is 20.3 Å². The summed E-state index contributed by atoms with van der Waals surface area (Å²) in [6, 6.07) is 12.5. The van der Waals surface area contributed by atoms with Gasteiger partial charge >= 0.3 is 0 Å². The molecule has 0 saturated heterocycles. The van der Waals surface area contributed by atoms with Gasteiger partial charge in [0.05, 0.1) is 20.3 Å². The summed E-state index contributed by atoms with van der Waals surface area (Å²) in [5.41, 5.74) is 2.04. The molecule has 0 spiro atoms. The minimum atomic E-state index is -0.511. The van der Waals surface area contributed by atoms with Crippen LogP contribution in [0.2, 0.25) is 0 Å². The number of nitrogens with zero attached hydrogens (tertiary/aromatic N) is 1. The molecule has 2 rings (SSSR count). The summed E-state index contributed by atoms with van der Waals surface area (Å²) >= 11 is 0. The lowest BCUT2D eigenvalue weighted by atomic mass is 10.0. The van der Waals surface area contributed by atoms with Crippen molar-refractivity contribution in [3.8, 4) is 23.3 Å². The summed E-state index contributed by atoms with van der Waals surface area (Å²) in [5.74, 6) is 1.31. The van der Waals surface area contributed by atoms with Gasteiger partial charge in [-0.1, -0.05) is 12.1 Å². The number of methoxy groups -OCH3 is 1. The number of nitriles is 1. The molecular formula is C24H26N2O4. The number of carbonyl (C=O) groups excluding carboxylic acids is 1. The van der Waals surface area contributed by atoms with Crippen LogP contribution < -0.4 is 19.5 Å². The summed E-state index contributed by atoms with van der Waals surface area (Å²) in [7, 11) is 1.55. The van der Waals surface area contributed by atoms with Gasteiger partial charge in [0.2, 0.25) is 0 Å². The molecule has 0 aliphatic rings. The van der Waals surface area contributed by atoms with E-state index in [1.165, 1.54) is 6.08 Å². The second-order valence-electron chi connectivity index (χ2n) is 6.22. The second-order valence-corrected chi connectivity index (χ2v) is 6.22. The molecule has 1 N–H and O–H groups in total. The maximum absolute atomic E-state index is 12.6. The molecule has 6 heteroatoms. The maximum atomic E-state index is 12.6. The van der Waals surface area contributed by atoms with Gasteiger partial charge in [-0.3, -0.25) is 4.79 Å². The van der Waals surface area contributed by atoms with E-state index in [1.807, 2.05) is 26.0 Å². The molecule has 0 heterocycles. The molecule has 0 bridgehead atoms. The Bertz CT molecular complexity index is 974. The molecule has 1 amide bonds. The van der Waals surface area contributed by atoms with E-state index in [0.29, 0.717) is 48.1 Å². The van der Waals surface area contributed by atoms with Gasteiger partial charge < -0.3 is 19.5 Å². The van der Waals surface area contributed by atoms with Crippen molar-refractivity contribution in [2.24, 2.45) is 0 Å². The SMILES string of the molecule is C=CCc1cc(/C=C(\C#N)C(=O)Nc2cccc(OC)c2)cc(OCC)c1OCC. The molecule has 156 valence electrons. The summed E-state index contributed by atoms with van der Waals surface area (Å²) in [4.78, 5) is 12.6. The number of hydrogen-bond acceptors (Lipinski definition) is 5. The van der Waals surface area contributed by atoms with Crippen LogP contribution in [-0.2, 0) is 11.2 Å². The lowest BCUT2D eigenvalue weighted by molar-refractivity contribution is -0.112. The Balaban J connectivity index is 2.40. The van der Waals surface area contributed by atoms with Gasteiger partial charge in [0.15, 0.2) is 11.5 Å². The Labute approximate surface area is 177 Å². The van der Waals surface area contributed by atoms with Gasteiger partial charge in [-0.25, -0.2) is 0 Å². The highest BCUT2D eigenvalue weighted by molar-refractivity contribution is 6.09. The third-order valence-electron chi connectivity index (χ3n) is 4.11. The number of hydrogen-bond donors (Lipinski definition) is 1. The highest BCUT2D eigenvalue weighted by Gasteiger charge is 2.15. The lowest BCUT2D eigenvalue weighted by Gasteiger charge is -2.16. The van der Waals surface area contributed by atoms with Crippen molar-refractivity contribution in [3.05, 3.63) is 65.8 Å². The standard InChI is InChI=1S/C24H26N2O4/c1-5-9-18-12-17(14-22(29-6-2)23(18)30-7-3)13-19(16-25)24(27)26-20-10-8-11-21(15-20)28-4/h5,8,10-15H,1,6-7,9H2,2-4H3,(H,26,27)/b19-13+. The van der Waals surface area contributed by atoms with E-state index in [4.69, 9.17) is 14.2 Å². The second kappa shape index (κ2) is 11.3. The zero-order valence-electron chi connectivity index (χ0n) is 17.5. The highest BCUT2D eigenvalue weighted by Crippen LogP contribution is 2.34. The van der Waals surface area contributed by atoms with Crippen LogP contribution in [0.1, 0.15) is 25.0 Å². The third kappa shape index (κ3) is 5.89. The van der Waals surface area contributed by atoms with Gasteiger partial charge in [0.1, 0.15) is 17.4 Å². The first kappa shape index (κ1) is 22.6. The Morgan fingerprint density at radius 2 is 1.97 bits per heavy atom. The average molecular weight is 406 g/mol. The summed E-state index contributed by atoms with van der Waals surface area (Å²) in [6.07, 6.45) is 3.86. The molecule has 2 aromatic carbocycles. The van der Waals surface area contributed by atoms with E-state index in [9.17, 15) is 10.1 Å². The third-order valence-corrected chi connectivity index (χ3v) is 4.11. The summed E-state index contributed by atoms with van der Waals surface area (Å²) in [5, 5.41) is 12.3. The lowest BCUT2D eigenvalue weighted by Crippen LogP contribution is -2.13. The minimum absolute atomic E-state index is 0.0334. The van der Waals surface area contributed by atoms with Gasteiger partial charge in [-0.15, -0.1) is 6.58 Å². The molecule has 0 fully saturated rings. The smallest absolute Gasteiger partial charge is 0.266 e. The van der Waals surface area contributed by atoms with Crippen LogP contribution in [0, 0.1) is 11.3 Å². The predicted octanol–water partition coefficient (Wildman–Crippen LogP) is 4.77. The first-order valence-corrected chi connectivity index (χ1v) is 9.66. The molecule has 6 nitrogen and oxygen atoms in total. The molecule has 0 atom stereocenters. The van der Waals surface area contributed by atoms with Gasteiger partial charge in [-0.05, 0) is 56.2 Å². The Kier molecular flexibility index (Phi) is 8.52. The number of benzene rings is 2. The van der Waals surface area contributed by atoms with Crippen LogP contribution in [0.15, 0.2) is 54.6 Å². The number of allylic oxidation sites excluding steroid dienone is 1. The van der Waals surface area contributed by atoms with Crippen molar-refractivity contribution >= 4 is 17.7 Å². The van der Waals surface area contributed by atoms with E-state index in [0.717, 1.165) is 5.56 Å². The van der Waals surface area contributed by atoms with Crippen molar-refractivity contribution < 1.29 is 19.0 Å². The fraction of sp³-hybridized carbons (Fsp3) is 0.250. The summed E-state index contributed by atoms with van der Waals surface area (Å²) in [6.45, 7) is 8.53. The topological polar surface area (TPSA) is 80.6 Å². The zero-order valence-corrected chi connectivity index (χ0v) is 17.5. The molecule has 0 aliphatic carbocycles. The Hall–Kier alpha value is -3.72. The van der Waals surface area contributed by atoms with E-state index in [-0.39, 0.29) is 5.57 Å². The largest absolute Gasteiger partial charge is 0.497 e. The Morgan fingerprint density at radius 1 is 1.20 bits per heavy atom. The number of carbonyl (C=O) groups is 1. The fourth-order valence-corrected chi connectivity index (χ4v) is 2.86. The van der Waals surface area contributed by atoms with Crippen molar-refractivity contribution in [1.82, 2.24) is 0 Å². The molecule has 2 aromatic rings. The van der Waals surface area contributed by atoms with E-state index >= 15 is 0 Å². The van der Waals surface area contributed by atoms with Gasteiger partial charge in [0.25, 0.3) is 5.91 Å². The minimum Gasteiger partial charge on any atom is -0.497 e. The van der Waals surface area contributed by atoms with E-state index in [1.54, 1.807) is 43.5 Å². The number of ether oxygens (including phenoxy) is 3. The molecule has 0 aromatic heterocycles.